The largest absolute Gasteiger partial charge is 0.478 e. The van der Waals surface area contributed by atoms with Crippen LogP contribution in [0.15, 0.2) is 84.9 Å². The molecule has 0 spiro atoms. The monoisotopic (exact) mass is 492 g/mol. The molecule has 5 heteroatoms. The number of benzene rings is 4. The Morgan fingerprint density at radius 2 is 1.54 bits per heavy atom. The summed E-state index contributed by atoms with van der Waals surface area (Å²) in [5, 5.41) is 11.7. The van der Waals surface area contributed by atoms with Gasteiger partial charge in [0.25, 0.3) is 0 Å². The molecule has 5 aromatic rings. The lowest BCUT2D eigenvalue weighted by atomic mass is 10.1. The molecule has 5 nitrogen and oxygen atoms in total. The molecule has 37 heavy (non-hydrogen) atoms. The molecular weight excluding hydrogens is 460 g/mol. The normalized spacial score (nSPS) is 11.8. The maximum atomic E-state index is 11.3. The Bertz CT molecular complexity index is 1550. The van der Waals surface area contributed by atoms with Gasteiger partial charge < -0.3 is 14.4 Å². The maximum absolute atomic E-state index is 11.3. The highest BCUT2D eigenvalue weighted by molar-refractivity contribution is 5.95. The Morgan fingerprint density at radius 3 is 2.22 bits per heavy atom. The summed E-state index contributed by atoms with van der Waals surface area (Å²) >= 11 is 0. The van der Waals surface area contributed by atoms with E-state index in [-0.39, 0.29) is 0 Å². The van der Waals surface area contributed by atoms with Gasteiger partial charge in [-0.15, -0.1) is 0 Å². The number of fused-ring (bicyclic) bond motifs is 2. The minimum Gasteiger partial charge on any atom is -0.478 e. The van der Waals surface area contributed by atoms with Crippen molar-refractivity contribution in [1.82, 2.24) is 9.55 Å². The SMILES string of the molecule is Cc1ccc(Cn2c(CCCc3ccc(OC(C)(C)C(=O)O)cc3)nc3cc4ccccc4cc32)cc1. The summed E-state index contributed by atoms with van der Waals surface area (Å²) in [6.45, 7) is 6.00. The van der Waals surface area contributed by atoms with Crippen molar-refractivity contribution in [3.8, 4) is 5.75 Å². The molecule has 0 atom stereocenters. The minimum absolute atomic E-state index is 0.558. The number of imidazole rings is 1. The fourth-order valence-corrected chi connectivity index (χ4v) is 4.62. The molecule has 0 saturated carbocycles. The second-order valence-electron chi connectivity index (χ2n) is 10.2. The quantitative estimate of drug-likeness (QED) is 0.241. The first-order valence-corrected chi connectivity index (χ1v) is 12.7. The van der Waals surface area contributed by atoms with Crippen LogP contribution in [0.2, 0.25) is 0 Å². The van der Waals surface area contributed by atoms with E-state index >= 15 is 0 Å². The Hall–Kier alpha value is -4.12. The van der Waals surface area contributed by atoms with E-state index in [1.807, 2.05) is 24.3 Å². The average molecular weight is 493 g/mol. The summed E-state index contributed by atoms with van der Waals surface area (Å²) in [6.07, 6.45) is 2.72. The van der Waals surface area contributed by atoms with Crippen LogP contribution in [-0.4, -0.2) is 26.2 Å². The standard InChI is InChI=1S/C32H32N2O3/c1-22-11-13-24(14-12-22)21-34-29-20-26-9-5-4-8-25(26)19-28(29)33-30(34)10-6-7-23-15-17-27(18-16-23)37-32(2,3)31(35)36/h4-5,8-9,11-20H,6-7,10,21H2,1-3H3,(H,35,36). The van der Waals surface area contributed by atoms with Crippen LogP contribution in [0.4, 0.5) is 0 Å². The number of ether oxygens (including phenoxy) is 1. The van der Waals surface area contributed by atoms with Gasteiger partial charge in [-0.25, -0.2) is 9.78 Å². The van der Waals surface area contributed by atoms with Gasteiger partial charge in [-0.1, -0.05) is 66.2 Å². The van der Waals surface area contributed by atoms with E-state index in [9.17, 15) is 9.90 Å². The minimum atomic E-state index is -1.26. The molecule has 1 heterocycles. The van der Waals surface area contributed by atoms with Crippen molar-refractivity contribution >= 4 is 27.8 Å². The van der Waals surface area contributed by atoms with Gasteiger partial charge in [-0.05, 0) is 79.8 Å². The second kappa shape index (κ2) is 10.1. The van der Waals surface area contributed by atoms with Gasteiger partial charge in [0.2, 0.25) is 0 Å². The lowest BCUT2D eigenvalue weighted by Gasteiger charge is -2.21. The summed E-state index contributed by atoms with van der Waals surface area (Å²) in [4.78, 5) is 16.4. The van der Waals surface area contributed by atoms with Crippen LogP contribution in [0.25, 0.3) is 21.8 Å². The van der Waals surface area contributed by atoms with Crippen LogP contribution in [0.1, 0.15) is 42.8 Å². The highest BCUT2D eigenvalue weighted by atomic mass is 16.5. The van der Waals surface area contributed by atoms with Gasteiger partial charge in [-0.2, -0.15) is 0 Å². The molecular formula is C32H32N2O3. The van der Waals surface area contributed by atoms with E-state index in [1.165, 1.54) is 27.5 Å². The number of hydrogen-bond acceptors (Lipinski definition) is 3. The summed E-state index contributed by atoms with van der Waals surface area (Å²) in [5.41, 5.74) is 4.64. The van der Waals surface area contributed by atoms with Crippen molar-refractivity contribution in [1.29, 1.82) is 0 Å². The van der Waals surface area contributed by atoms with E-state index < -0.39 is 11.6 Å². The number of aliphatic carboxylic acids is 1. The summed E-state index contributed by atoms with van der Waals surface area (Å²) in [7, 11) is 0. The van der Waals surface area contributed by atoms with E-state index in [2.05, 4.69) is 72.2 Å². The zero-order valence-corrected chi connectivity index (χ0v) is 21.6. The molecule has 0 bridgehead atoms. The third-order valence-electron chi connectivity index (χ3n) is 6.83. The van der Waals surface area contributed by atoms with Crippen molar-refractivity contribution < 1.29 is 14.6 Å². The van der Waals surface area contributed by atoms with Gasteiger partial charge >= 0.3 is 5.97 Å². The first-order chi connectivity index (χ1) is 17.8. The van der Waals surface area contributed by atoms with Gasteiger partial charge in [0.05, 0.1) is 11.0 Å². The van der Waals surface area contributed by atoms with Gasteiger partial charge in [0, 0.05) is 13.0 Å². The molecule has 0 aliphatic carbocycles. The zero-order valence-electron chi connectivity index (χ0n) is 21.6. The molecule has 4 aromatic carbocycles. The Kier molecular flexibility index (Phi) is 6.70. The highest BCUT2D eigenvalue weighted by Gasteiger charge is 2.29. The molecule has 0 aliphatic rings. The highest BCUT2D eigenvalue weighted by Crippen LogP contribution is 2.26. The third-order valence-corrected chi connectivity index (χ3v) is 6.83. The van der Waals surface area contributed by atoms with Crippen LogP contribution < -0.4 is 4.74 Å². The van der Waals surface area contributed by atoms with E-state index in [4.69, 9.17) is 9.72 Å². The Labute approximate surface area is 217 Å². The molecule has 0 radical (unpaired) electrons. The molecule has 1 aromatic heterocycles. The second-order valence-corrected chi connectivity index (χ2v) is 10.2. The van der Waals surface area contributed by atoms with Gasteiger partial charge in [0.1, 0.15) is 11.6 Å². The zero-order chi connectivity index (χ0) is 26.0. The number of aromatic nitrogens is 2. The number of carboxylic acids is 1. The summed E-state index contributed by atoms with van der Waals surface area (Å²) < 4.78 is 7.98. The number of carboxylic acid groups (broad SMARTS) is 1. The number of hydrogen-bond donors (Lipinski definition) is 1. The topological polar surface area (TPSA) is 64.3 Å². The molecule has 0 amide bonds. The predicted molar refractivity (Wildman–Crippen MR) is 148 cm³/mol. The summed E-state index contributed by atoms with van der Waals surface area (Å²) in [6, 6.07) is 29.3. The van der Waals surface area contributed by atoms with E-state index in [1.54, 1.807) is 13.8 Å². The van der Waals surface area contributed by atoms with E-state index in [0.29, 0.717) is 5.75 Å². The first kappa shape index (κ1) is 24.6. The Balaban J connectivity index is 1.36. The van der Waals surface area contributed by atoms with Crippen LogP contribution in [-0.2, 0) is 24.2 Å². The fourth-order valence-electron chi connectivity index (χ4n) is 4.62. The van der Waals surface area contributed by atoms with Crippen LogP contribution in [0, 0.1) is 6.92 Å². The molecule has 0 fully saturated rings. The van der Waals surface area contributed by atoms with E-state index in [0.717, 1.165) is 42.7 Å². The summed E-state index contributed by atoms with van der Waals surface area (Å²) in [5.74, 6) is 0.662. The van der Waals surface area contributed by atoms with Crippen molar-refractivity contribution in [3.63, 3.8) is 0 Å². The van der Waals surface area contributed by atoms with Gasteiger partial charge in [-0.3, -0.25) is 0 Å². The van der Waals surface area contributed by atoms with Crippen LogP contribution in [0.5, 0.6) is 5.75 Å². The predicted octanol–water partition coefficient (Wildman–Crippen LogP) is 6.96. The maximum Gasteiger partial charge on any atom is 0.347 e. The molecule has 0 unspecified atom stereocenters. The van der Waals surface area contributed by atoms with Crippen molar-refractivity contribution in [2.75, 3.05) is 0 Å². The number of rotatable bonds is 9. The number of aryl methyl sites for hydroxylation is 3. The van der Waals surface area contributed by atoms with Gasteiger partial charge in [0.15, 0.2) is 5.60 Å². The lowest BCUT2D eigenvalue weighted by Crippen LogP contribution is -2.37. The number of nitrogens with zero attached hydrogens (tertiary/aromatic N) is 2. The smallest absolute Gasteiger partial charge is 0.347 e. The molecule has 0 aliphatic heterocycles. The van der Waals surface area contributed by atoms with Crippen LogP contribution >= 0.6 is 0 Å². The number of carbonyl (C=O) groups is 1. The van der Waals surface area contributed by atoms with Crippen molar-refractivity contribution in [2.24, 2.45) is 0 Å². The molecule has 188 valence electrons. The molecule has 5 rings (SSSR count). The lowest BCUT2D eigenvalue weighted by molar-refractivity contribution is -0.152. The van der Waals surface area contributed by atoms with Crippen molar-refractivity contribution in [3.05, 3.63) is 107 Å². The van der Waals surface area contributed by atoms with Crippen LogP contribution in [0.3, 0.4) is 0 Å². The average Bonchev–Trinajstić information content (AvgIpc) is 3.20. The Morgan fingerprint density at radius 1 is 0.892 bits per heavy atom. The fraction of sp³-hybridized carbons (Fsp3) is 0.250. The third kappa shape index (κ3) is 5.51. The first-order valence-electron chi connectivity index (χ1n) is 12.7. The molecule has 1 N–H and O–H groups in total. The molecule has 0 saturated heterocycles. The van der Waals surface area contributed by atoms with Crippen molar-refractivity contribution in [2.45, 2.75) is 52.2 Å².